The van der Waals surface area contributed by atoms with Crippen molar-refractivity contribution in [3.05, 3.63) is 70.8 Å². The van der Waals surface area contributed by atoms with Gasteiger partial charge in [-0.15, -0.1) is 10.2 Å². The lowest BCUT2D eigenvalue weighted by Gasteiger charge is -2.33. The number of hydrogen-bond donors (Lipinski definition) is 2. The summed E-state index contributed by atoms with van der Waals surface area (Å²) in [7, 11) is 0. The predicted octanol–water partition coefficient (Wildman–Crippen LogP) is 4.42. The molecule has 4 rings (SSSR count). The summed E-state index contributed by atoms with van der Waals surface area (Å²) in [5, 5.41) is 12.1. The fraction of sp³-hybridized carbons (Fsp3) is 0.250. The number of amides is 1. The molecule has 1 aromatic heterocycles. The molecule has 0 saturated carbocycles. The third kappa shape index (κ3) is 4.23. The Hall–Kier alpha value is -2.58. The van der Waals surface area contributed by atoms with Crippen molar-refractivity contribution in [2.24, 2.45) is 0 Å². The van der Waals surface area contributed by atoms with Gasteiger partial charge in [-0.3, -0.25) is 4.79 Å². The van der Waals surface area contributed by atoms with Gasteiger partial charge in [0.25, 0.3) is 0 Å². The number of carbonyl (C=O) groups is 1. The van der Waals surface area contributed by atoms with Crippen molar-refractivity contribution in [1.29, 1.82) is 0 Å². The Kier molecular flexibility index (Phi) is 5.73. The first-order chi connectivity index (χ1) is 14.0. The number of anilines is 1. The van der Waals surface area contributed by atoms with E-state index in [9.17, 15) is 9.18 Å². The first-order valence-electron chi connectivity index (χ1n) is 9.24. The minimum Gasteiger partial charge on any atom is -0.325 e. The maximum atomic E-state index is 13.4. The van der Waals surface area contributed by atoms with E-state index in [-0.39, 0.29) is 17.8 Å². The number of fused-ring (bicyclic) bond motifs is 1. The molecule has 0 bridgehead atoms. The summed E-state index contributed by atoms with van der Waals surface area (Å²) < 4.78 is 15.3. The number of aryl methyl sites for hydroxylation is 1. The van der Waals surface area contributed by atoms with Gasteiger partial charge in [-0.1, -0.05) is 42.4 Å². The first-order valence-corrected chi connectivity index (χ1v) is 10.5. The molecule has 29 heavy (non-hydrogen) atoms. The van der Waals surface area contributed by atoms with Crippen LogP contribution in [0.25, 0.3) is 0 Å². The molecule has 1 amide bonds. The molecule has 150 valence electrons. The van der Waals surface area contributed by atoms with Crippen molar-refractivity contribution in [3.63, 3.8) is 0 Å². The van der Waals surface area contributed by atoms with Gasteiger partial charge in [-0.2, -0.15) is 0 Å². The molecular weight excluding hydrogens is 413 g/mol. The van der Waals surface area contributed by atoms with Gasteiger partial charge >= 0.3 is 0 Å². The largest absolute Gasteiger partial charge is 0.325 e. The van der Waals surface area contributed by atoms with E-state index >= 15 is 0 Å². The maximum Gasteiger partial charge on any atom is 0.240 e. The minimum absolute atomic E-state index is 0.189. The van der Waals surface area contributed by atoms with E-state index in [1.807, 2.05) is 4.68 Å². The summed E-state index contributed by atoms with van der Waals surface area (Å²) in [5.74, 6) is 0.292. The van der Waals surface area contributed by atoms with Crippen molar-refractivity contribution >= 4 is 35.0 Å². The molecule has 2 atom stereocenters. The zero-order valence-corrected chi connectivity index (χ0v) is 17.2. The summed E-state index contributed by atoms with van der Waals surface area (Å²) in [6, 6.07) is 12.7. The summed E-state index contributed by atoms with van der Waals surface area (Å²) in [5.41, 5.74) is 4.81. The molecule has 2 heterocycles. The van der Waals surface area contributed by atoms with E-state index in [1.165, 1.54) is 23.9 Å². The van der Waals surface area contributed by atoms with Gasteiger partial charge in [0.1, 0.15) is 11.1 Å². The Morgan fingerprint density at radius 2 is 1.93 bits per heavy atom. The van der Waals surface area contributed by atoms with E-state index in [4.69, 9.17) is 11.6 Å². The van der Waals surface area contributed by atoms with Crippen LogP contribution >= 0.6 is 23.4 Å². The van der Waals surface area contributed by atoms with Crippen LogP contribution in [0.2, 0.25) is 5.02 Å². The number of halogens is 2. The van der Waals surface area contributed by atoms with Crippen LogP contribution in [0.3, 0.4) is 0 Å². The molecule has 1 aliphatic rings. The molecule has 1 aliphatic heterocycles. The fourth-order valence-electron chi connectivity index (χ4n) is 3.15. The van der Waals surface area contributed by atoms with E-state index in [0.717, 1.165) is 24.2 Å². The van der Waals surface area contributed by atoms with E-state index in [1.54, 1.807) is 36.4 Å². The zero-order chi connectivity index (χ0) is 20.4. The molecule has 2 unspecified atom stereocenters. The Balaban J connectivity index is 1.65. The van der Waals surface area contributed by atoms with Crippen LogP contribution < -0.4 is 10.7 Å². The molecule has 3 aromatic rings. The second kappa shape index (κ2) is 8.42. The predicted molar refractivity (Wildman–Crippen MR) is 112 cm³/mol. The molecule has 0 fully saturated rings. The quantitative estimate of drug-likeness (QED) is 0.625. The highest BCUT2D eigenvalue weighted by Gasteiger charge is 2.37. The highest BCUT2D eigenvalue weighted by atomic mass is 35.5. The molecule has 0 saturated heterocycles. The van der Waals surface area contributed by atoms with E-state index in [0.29, 0.717) is 15.9 Å². The molecule has 6 nitrogen and oxygen atoms in total. The standard InChI is InChI=1S/C20H19ClFN5OS/c1-2-3-16-24-25-20-27(16)26-17(12-4-8-14(22)9-5-12)18(29-20)19(28)23-15-10-6-13(21)7-11-15/h4-11,17-18,26H,2-3H2,1H3,(H,23,28). The van der Waals surface area contributed by atoms with E-state index in [2.05, 4.69) is 27.9 Å². The van der Waals surface area contributed by atoms with Crippen LogP contribution in [0.4, 0.5) is 10.1 Å². The zero-order valence-electron chi connectivity index (χ0n) is 15.6. The third-order valence-electron chi connectivity index (χ3n) is 4.58. The summed E-state index contributed by atoms with van der Waals surface area (Å²) in [6.07, 6.45) is 1.69. The van der Waals surface area contributed by atoms with Crippen LogP contribution in [0, 0.1) is 5.82 Å². The summed E-state index contributed by atoms with van der Waals surface area (Å²) >= 11 is 7.26. The number of rotatable bonds is 5. The highest BCUT2D eigenvalue weighted by Crippen LogP contribution is 2.37. The molecule has 2 N–H and O–H groups in total. The van der Waals surface area contributed by atoms with Crippen molar-refractivity contribution in [3.8, 4) is 0 Å². The second-order valence-corrected chi connectivity index (χ2v) is 8.22. The second-order valence-electron chi connectivity index (χ2n) is 6.68. The Bertz CT molecular complexity index is 1010. The molecular formula is C20H19ClFN5OS. The third-order valence-corrected chi connectivity index (χ3v) is 6.04. The van der Waals surface area contributed by atoms with Crippen LogP contribution in [0.15, 0.2) is 53.7 Å². The lowest BCUT2D eigenvalue weighted by Crippen LogP contribution is -2.41. The average Bonchev–Trinajstić information content (AvgIpc) is 3.11. The monoisotopic (exact) mass is 431 g/mol. The van der Waals surface area contributed by atoms with Crippen LogP contribution in [0.5, 0.6) is 0 Å². The van der Waals surface area contributed by atoms with Gasteiger partial charge in [0, 0.05) is 17.1 Å². The molecule has 0 aliphatic carbocycles. The number of nitrogens with one attached hydrogen (secondary N) is 2. The normalized spacial score (nSPS) is 18.0. The number of carbonyl (C=O) groups excluding carboxylic acids is 1. The average molecular weight is 432 g/mol. The SMILES string of the molecule is CCCc1nnc2n1NC(c1ccc(F)cc1)C(C(=O)Nc1ccc(Cl)cc1)S2. The number of nitrogens with zero attached hydrogens (tertiary/aromatic N) is 3. The van der Waals surface area contributed by atoms with Crippen molar-refractivity contribution in [1.82, 2.24) is 14.9 Å². The number of benzene rings is 2. The Labute approximate surface area is 176 Å². The lowest BCUT2D eigenvalue weighted by atomic mass is 10.0. The molecule has 9 heteroatoms. The van der Waals surface area contributed by atoms with Crippen LogP contribution in [0.1, 0.15) is 30.8 Å². The van der Waals surface area contributed by atoms with Gasteiger partial charge in [0.2, 0.25) is 11.1 Å². The molecule has 2 aromatic carbocycles. The molecule has 0 spiro atoms. The van der Waals surface area contributed by atoms with Gasteiger partial charge < -0.3 is 10.7 Å². The Morgan fingerprint density at radius 1 is 1.21 bits per heavy atom. The lowest BCUT2D eigenvalue weighted by molar-refractivity contribution is -0.116. The number of hydrogen-bond acceptors (Lipinski definition) is 5. The van der Waals surface area contributed by atoms with Crippen molar-refractivity contribution < 1.29 is 9.18 Å². The maximum absolute atomic E-state index is 13.4. The van der Waals surface area contributed by atoms with Crippen LogP contribution in [-0.4, -0.2) is 26.0 Å². The van der Waals surface area contributed by atoms with E-state index < -0.39 is 5.25 Å². The number of thioether (sulfide) groups is 1. The van der Waals surface area contributed by atoms with Crippen LogP contribution in [-0.2, 0) is 11.2 Å². The minimum atomic E-state index is -0.526. The smallest absolute Gasteiger partial charge is 0.240 e. The van der Waals surface area contributed by atoms with Gasteiger partial charge in [0.05, 0.1) is 6.04 Å². The van der Waals surface area contributed by atoms with Gasteiger partial charge in [-0.25, -0.2) is 9.07 Å². The number of aromatic nitrogens is 3. The summed E-state index contributed by atoms with van der Waals surface area (Å²) in [4.78, 5) is 13.1. The topological polar surface area (TPSA) is 71.8 Å². The Morgan fingerprint density at radius 3 is 2.62 bits per heavy atom. The summed E-state index contributed by atoms with van der Waals surface area (Å²) in [6.45, 7) is 2.07. The molecule has 0 radical (unpaired) electrons. The van der Waals surface area contributed by atoms with Crippen molar-refractivity contribution in [2.75, 3.05) is 10.7 Å². The van der Waals surface area contributed by atoms with Gasteiger partial charge in [0.15, 0.2) is 5.82 Å². The first kappa shape index (κ1) is 19.7. The fourth-order valence-corrected chi connectivity index (χ4v) is 4.38. The van der Waals surface area contributed by atoms with Crippen molar-refractivity contribution in [2.45, 2.75) is 36.2 Å². The highest BCUT2D eigenvalue weighted by molar-refractivity contribution is 8.00. The van der Waals surface area contributed by atoms with Gasteiger partial charge in [-0.05, 0) is 48.4 Å².